The Kier molecular flexibility index (Phi) is 5.70. The van der Waals surface area contributed by atoms with E-state index in [0.717, 1.165) is 16.8 Å². The van der Waals surface area contributed by atoms with Crippen LogP contribution in [-0.4, -0.2) is 41.0 Å². The minimum atomic E-state index is -2.97. The number of aromatic nitrogens is 2. The van der Waals surface area contributed by atoms with Crippen LogP contribution in [0.15, 0.2) is 40.9 Å². The number of halogens is 2. The molecule has 0 spiro atoms. The molecule has 162 valence electrons. The van der Waals surface area contributed by atoms with E-state index in [9.17, 15) is 13.6 Å². The van der Waals surface area contributed by atoms with Gasteiger partial charge in [0.05, 0.1) is 7.11 Å². The first-order valence-corrected chi connectivity index (χ1v) is 9.51. The second-order valence-corrected chi connectivity index (χ2v) is 7.02. The minimum Gasteiger partial charge on any atom is -0.493 e. The molecule has 0 saturated carbocycles. The second kappa shape index (κ2) is 8.58. The van der Waals surface area contributed by atoms with Gasteiger partial charge in [-0.3, -0.25) is 4.79 Å². The van der Waals surface area contributed by atoms with E-state index in [4.69, 9.17) is 14.4 Å². The van der Waals surface area contributed by atoms with Gasteiger partial charge in [0, 0.05) is 29.3 Å². The summed E-state index contributed by atoms with van der Waals surface area (Å²) in [5.41, 5.74) is 3.25. The van der Waals surface area contributed by atoms with Gasteiger partial charge in [-0.25, -0.2) is 0 Å². The maximum atomic E-state index is 12.5. The number of nitrogens with one attached hydrogen (secondary N) is 1. The zero-order chi connectivity index (χ0) is 22.0. The van der Waals surface area contributed by atoms with Crippen molar-refractivity contribution in [2.75, 3.05) is 12.4 Å². The number of benzene rings is 2. The molecule has 2 aromatic carbocycles. The molecule has 10 heteroatoms. The minimum absolute atomic E-state index is 0.0728. The number of anilines is 1. The number of carbonyl (C=O) groups is 1. The fourth-order valence-electron chi connectivity index (χ4n) is 3.50. The summed E-state index contributed by atoms with van der Waals surface area (Å²) in [7, 11) is 1.35. The van der Waals surface area contributed by atoms with Crippen LogP contribution in [0.3, 0.4) is 0 Å². The number of ether oxygens (including phenoxy) is 2. The summed E-state index contributed by atoms with van der Waals surface area (Å²) in [4.78, 5) is 15.2. The number of methoxy groups -OCH3 is 1. The highest BCUT2D eigenvalue weighted by Gasteiger charge is 2.22. The zero-order valence-corrected chi connectivity index (χ0v) is 16.5. The highest BCUT2D eigenvalue weighted by molar-refractivity contribution is 5.69. The van der Waals surface area contributed by atoms with Gasteiger partial charge in [-0.05, 0) is 54.8 Å². The van der Waals surface area contributed by atoms with Crippen molar-refractivity contribution < 1.29 is 32.7 Å². The topological polar surface area (TPSA) is 107 Å². The van der Waals surface area contributed by atoms with E-state index < -0.39 is 12.6 Å². The summed E-state index contributed by atoms with van der Waals surface area (Å²) in [5, 5.41) is 16.2. The molecule has 0 radical (unpaired) electrons. The molecular formula is C21H19F2N3O5. The first-order chi connectivity index (χ1) is 14.9. The van der Waals surface area contributed by atoms with Crippen molar-refractivity contribution in [3.05, 3.63) is 42.0 Å². The maximum Gasteiger partial charge on any atom is 0.387 e. The number of nitrogens with zero attached hydrogens (tertiary/aromatic N) is 2. The molecule has 1 aromatic heterocycles. The Morgan fingerprint density at radius 3 is 2.81 bits per heavy atom. The molecular weight excluding hydrogens is 412 g/mol. The molecule has 0 unspecified atom stereocenters. The Morgan fingerprint density at radius 1 is 1.26 bits per heavy atom. The maximum absolute atomic E-state index is 12.5. The molecule has 1 atom stereocenters. The largest absolute Gasteiger partial charge is 0.493 e. The Morgan fingerprint density at radius 2 is 2.06 bits per heavy atom. The van der Waals surface area contributed by atoms with Crippen LogP contribution in [0.4, 0.5) is 14.5 Å². The lowest BCUT2D eigenvalue weighted by Gasteiger charge is -2.10. The first kappa shape index (κ1) is 20.6. The fourth-order valence-corrected chi connectivity index (χ4v) is 3.50. The first-order valence-electron chi connectivity index (χ1n) is 9.51. The summed E-state index contributed by atoms with van der Waals surface area (Å²) in [6, 6.07) is 10.1. The van der Waals surface area contributed by atoms with E-state index in [-0.39, 0.29) is 29.9 Å². The van der Waals surface area contributed by atoms with Crippen molar-refractivity contribution in [3.8, 4) is 34.3 Å². The molecule has 4 rings (SSSR count). The lowest BCUT2D eigenvalue weighted by molar-refractivity contribution is -0.137. The van der Waals surface area contributed by atoms with Gasteiger partial charge in [-0.15, -0.1) is 0 Å². The summed E-state index contributed by atoms with van der Waals surface area (Å²) >= 11 is 0. The van der Waals surface area contributed by atoms with Crippen molar-refractivity contribution in [3.63, 3.8) is 0 Å². The van der Waals surface area contributed by atoms with Gasteiger partial charge in [0.25, 0.3) is 5.89 Å². The van der Waals surface area contributed by atoms with Crippen LogP contribution in [0.2, 0.25) is 0 Å². The monoisotopic (exact) mass is 431 g/mol. The number of aliphatic carboxylic acids is 1. The highest BCUT2D eigenvalue weighted by Crippen LogP contribution is 2.35. The Labute approximate surface area is 175 Å². The Balaban J connectivity index is 1.53. The van der Waals surface area contributed by atoms with Crippen LogP contribution < -0.4 is 14.8 Å². The molecule has 0 aliphatic carbocycles. The van der Waals surface area contributed by atoms with Gasteiger partial charge in [0.2, 0.25) is 5.82 Å². The van der Waals surface area contributed by atoms with Crippen molar-refractivity contribution in [2.45, 2.75) is 31.9 Å². The van der Waals surface area contributed by atoms with E-state index >= 15 is 0 Å². The molecule has 3 aromatic rings. The molecule has 1 aliphatic rings. The molecule has 2 N–H and O–H groups in total. The number of hydrogen-bond acceptors (Lipinski definition) is 7. The van der Waals surface area contributed by atoms with E-state index in [1.165, 1.54) is 25.3 Å². The van der Waals surface area contributed by atoms with Crippen molar-refractivity contribution in [1.82, 2.24) is 10.1 Å². The van der Waals surface area contributed by atoms with Gasteiger partial charge >= 0.3 is 12.6 Å². The van der Waals surface area contributed by atoms with Gasteiger partial charge < -0.3 is 24.4 Å². The normalized spacial score (nSPS) is 14.9. The predicted molar refractivity (Wildman–Crippen MR) is 106 cm³/mol. The zero-order valence-electron chi connectivity index (χ0n) is 16.5. The summed E-state index contributed by atoms with van der Waals surface area (Å²) < 4.78 is 39.9. The summed E-state index contributed by atoms with van der Waals surface area (Å²) in [6.45, 7) is -2.97. The van der Waals surface area contributed by atoms with Gasteiger partial charge in [-0.2, -0.15) is 13.8 Å². The van der Waals surface area contributed by atoms with Crippen LogP contribution in [-0.2, 0) is 11.2 Å². The Bertz CT molecular complexity index is 1100. The van der Waals surface area contributed by atoms with Crippen molar-refractivity contribution in [1.29, 1.82) is 0 Å². The molecule has 31 heavy (non-hydrogen) atoms. The van der Waals surface area contributed by atoms with Crippen LogP contribution in [0.5, 0.6) is 11.5 Å². The second-order valence-electron chi connectivity index (χ2n) is 7.02. The molecule has 8 nitrogen and oxygen atoms in total. The number of alkyl halides is 2. The standard InChI is InChI=1S/C21H19F2N3O5/c1-29-17-10-12(3-6-16(17)30-21(22)23)20-25-19(26-31-20)11-2-5-15-13(8-11)9-14(24-15)4-7-18(27)28/h2-3,5-6,8,10,14,21,24H,4,7,9H2,1H3,(H,27,28)/t14-/m0/s1. The van der Waals surface area contributed by atoms with E-state index in [0.29, 0.717) is 24.2 Å². The molecule has 0 amide bonds. The summed E-state index contributed by atoms with van der Waals surface area (Å²) in [5.74, 6) is -0.213. The van der Waals surface area contributed by atoms with E-state index in [1.54, 1.807) is 0 Å². The third kappa shape index (κ3) is 4.57. The van der Waals surface area contributed by atoms with Crippen LogP contribution in [0.1, 0.15) is 18.4 Å². The van der Waals surface area contributed by atoms with Gasteiger partial charge in [0.15, 0.2) is 11.5 Å². The number of fused-ring (bicyclic) bond motifs is 1. The quantitative estimate of drug-likeness (QED) is 0.546. The SMILES string of the molecule is COc1cc(-c2nc(-c3ccc4c(c3)C[C@H](CCC(=O)O)N4)no2)ccc1OC(F)F. The molecule has 0 bridgehead atoms. The summed E-state index contributed by atoms with van der Waals surface area (Å²) in [6.07, 6.45) is 1.36. The van der Waals surface area contributed by atoms with Crippen LogP contribution >= 0.6 is 0 Å². The highest BCUT2D eigenvalue weighted by atomic mass is 19.3. The predicted octanol–water partition coefficient (Wildman–Crippen LogP) is 4.22. The average Bonchev–Trinajstić information content (AvgIpc) is 3.38. The van der Waals surface area contributed by atoms with Gasteiger partial charge in [-0.1, -0.05) is 5.16 Å². The number of carboxylic acid groups (broad SMARTS) is 1. The molecule has 2 heterocycles. The lowest BCUT2D eigenvalue weighted by Crippen LogP contribution is -2.16. The number of rotatable bonds is 8. The number of carboxylic acids is 1. The van der Waals surface area contributed by atoms with Crippen LogP contribution in [0, 0.1) is 0 Å². The third-order valence-electron chi connectivity index (χ3n) is 4.95. The molecule has 0 saturated heterocycles. The van der Waals surface area contributed by atoms with Gasteiger partial charge in [0.1, 0.15) is 0 Å². The fraction of sp³-hybridized carbons (Fsp3) is 0.286. The lowest BCUT2D eigenvalue weighted by atomic mass is 10.0. The molecule has 0 fully saturated rings. The van der Waals surface area contributed by atoms with E-state index in [1.807, 2.05) is 18.2 Å². The molecule has 1 aliphatic heterocycles. The average molecular weight is 431 g/mol. The van der Waals surface area contributed by atoms with E-state index in [2.05, 4.69) is 20.2 Å². The third-order valence-corrected chi connectivity index (χ3v) is 4.95. The Hall–Kier alpha value is -3.69. The smallest absolute Gasteiger partial charge is 0.387 e. The van der Waals surface area contributed by atoms with Crippen LogP contribution in [0.25, 0.3) is 22.8 Å². The van der Waals surface area contributed by atoms with Crippen molar-refractivity contribution >= 4 is 11.7 Å². The number of hydrogen-bond donors (Lipinski definition) is 2. The van der Waals surface area contributed by atoms with Crippen molar-refractivity contribution in [2.24, 2.45) is 0 Å².